The molecular formula is C21H16Cl4N2. The molecule has 3 aromatic carbocycles. The van der Waals surface area contributed by atoms with Crippen LogP contribution in [0.2, 0.25) is 15.1 Å². The number of halogens is 4. The topological polar surface area (TPSA) is 26.0 Å². The van der Waals surface area contributed by atoms with Gasteiger partial charge in [0.2, 0.25) is 5.69 Å². The van der Waals surface area contributed by atoms with Crippen molar-refractivity contribution in [3.05, 3.63) is 99.5 Å². The molecule has 27 heavy (non-hydrogen) atoms. The molecule has 0 bridgehead atoms. The van der Waals surface area contributed by atoms with Gasteiger partial charge in [0.25, 0.3) is 0 Å². The van der Waals surface area contributed by atoms with Gasteiger partial charge in [-0.25, -0.2) is 4.99 Å². The molecule has 0 saturated carbocycles. The highest BCUT2D eigenvalue weighted by Crippen LogP contribution is 2.22. The molecule has 0 aliphatic heterocycles. The lowest BCUT2D eigenvalue weighted by molar-refractivity contribution is -0.346. The fourth-order valence-corrected chi connectivity index (χ4v) is 2.87. The summed E-state index contributed by atoms with van der Waals surface area (Å²) in [7, 11) is 0. The second-order valence-electron chi connectivity index (χ2n) is 5.54. The van der Waals surface area contributed by atoms with E-state index in [0.717, 1.165) is 22.6 Å². The van der Waals surface area contributed by atoms with E-state index in [1.54, 1.807) is 0 Å². The van der Waals surface area contributed by atoms with Gasteiger partial charge in [-0.2, -0.15) is 0 Å². The first-order valence-electron chi connectivity index (χ1n) is 7.94. The molecule has 0 radical (unpaired) electrons. The summed E-state index contributed by atoms with van der Waals surface area (Å²) in [4.78, 5) is 3.22. The highest BCUT2D eigenvalue weighted by atomic mass is 35.5. The van der Waals surface area contributed by atoms with Crippen molar-refractivity contribution in [3.63, 3.8) is 0 Å². The van der Waals surface area contributed by atoms with Crippen LogP contribution >= 0.6 is 34.8 Å². The first kappa shape index (κ1) is 21.3. The van der Waals surface area contributed by atoms with Gasteiger partial charge in [0.05, 0.1) is 5.70 Å². The van der Waals surface area contributed by atoms with E-state index in [1.165, 1.54) is 0 Å². The molecule has 0 fully saturated rings. The third-order valence-corrected chi connectivity index (χ3v) is 4.31. The average Bonchev–Trinajstić information content (AvgIpc) is 2.62. The predicted octanol–water partition coefficient (Wildman–Crippen LogP) is 2.59. The van der Waals surface area contributed by atoms with Gasteiger partial charge in [-0.05, 0) is 42.0 Å². The number of allylic oxidation sites excluding steroid dienone is 1. The van der Waals surface area contributed by atoms with Crippen molar-refractivity contribution in [3.8, 4) is 0 Å². The first-order chi connectivity index (χ1) is 12.6. The van der Waals surface area contributed by atoms with Gasteiger partial charge in [0.1, 0.15) is 0 Å². The summed E-state index contributed by atoms with van der Waals surface area (Å²) >= 11 is 18.1. The van der Waals surface area contributed by atoms with E-state index in [2.05, 4.69) is 10.3 Å². The molecule has 2 N–H and O–H groups in total. The number of rotatable bonds is 5. The highest BCUT2D eigenvalue weighted by molar-refractivity contribution is 6.31. The molecule has 138 valence electrons. The van der Waals surface area contributed by atoms with Crippen LogP contribution in [0.5, 0.6) is 0 Å². The number of benzene rings is 3. The maximum Gasteiger partial charge on any atom is 0.204 e. The van der Waals surface area contributed by atoms with Crippen molar-refractivity contribution in [2.75, 3.05) is 5.32 Å². The standard InChI is InChI=1S/C21H15Cl3N2.ClH/c22-16-9-7-15(8-10-16)21(26-20-6-2-4-18(24)14-20)11-12-25-19-5-1-3-17(23)13-19;/h1-14,26H;1H. The Hall–Kier alpha value is -1.97. The normalized spacial score (nSPS) is 11.3. The fourth-order valence-electron chi connectivity index (χ4n) is 2.36. The Morgan fingerprint density at radius 3 is 2.11 bits per heavy atom. The van der Waals surface area contributed by atoms with E-state index in [9.17, 15) is 0 Å². The molecule has 2 nitrogen and oxygen atoms in total. The van der Waals surface area contributed by atoms with E-state index in [4.69, 9.17) is 34.8 Å². The summed E-state index contributed by atoms with van der Waals surface area (Å²) in [5.74, 6) is 0. The lowest BCUT2D eigenvalue weighted by Crippen LogP contribution is -3.00. The Kier molecular flexibility index (Phi) is 8.21. The van der Waals surface area contributed by atoms with Crippen molar-refractivity contribution in [2.24, 2.45) is 0 Å². The maximum absolute atomic E-state index is 6.08. The van der Waals surface area contributed by atoms with E-state index in [0.29, 0.717) is 15.1 Å². The summed E-state index contributed by atoms with van der Waals surface area (Å²) in [6.07, 6.45) is 3.80. The Morgan fingerprint density at radius 2 is 1.44 bits per heavy atom. The Bertz CT molecular complexity index is 950. The third kappa shape index (κ3) is 6.60. The van der Waals surface area contributed by atoms with Gasteiger partial charge in [-0.15, -0.1) is 0 Å². The smallest absolute Gasteiger partial charge is 0.204 e. The molecule has 0 heterocycles. The minimum absolute atomic E-state index is 0. The van der Waals surface area contributed by atoms with Gasteiger partial charge < -0.3 is 17.7 Å². The third-order valence-electron chi connectivity index (χ3n) is 3.58. The summed E-state index contributed by atoms with van der Waals surface area (Å²) in [6.45, 7) is 0. The van der Waals surface area contributed by atoms with Crippen LogP contribution in [0.4, 0.5) is 11.4 Å². The number of hydrogen-bond acceptors (Lipinski definition) is 1. The molecule has 0 atom stereocenters. The fraction of sp³-hybridized carbons (Fsp3) is 0. The van der Waals surface area contributed by atoms with Crippen molar-refractivity contribution in [1.82, 2.24) is 0 Å². The minimum atomic E-state index is 0. The summed E-state index contributed by atoms with van der Waals surface area (Å²) < 4.78 is 0. The van der Waals surface area contributed by atoms with Crippen LogP contribution in [-0.2, 0) is 0 Å². The molecule has 6 heteroatoms. The van der Waals surface area contributed by atoms with Gasteiger partial charge in [0, 0.05) is 39.0 Å². The van der Waals surface area contributed by atoms with E-state index >= 15 is 0 Å². The van der Waals surface area contributed by atoms with Gasteiger partial charge in [-0.1, -0.05) is 59.1 Å². The van der Waals surface area contributed by atoms with Crippen molar-refractivity contribution < 1.29 is 17.4 Å². The lowest BCUT2D eigenvalue weighted by Gasteiger charge is -2.11. The van der Waals surface area contributed by atoms with Crippen LogP contribution in [0.15, 0.2) is 78.9 Å². The van der Waals surface area contributed by atoms with Gasteiger partial charge in [0.15, 0.2) is 6.21 Å². The van der Waals surface area contributed by atoms with Crippen molar-refractivity contribution in [1.29, 1.82) is 0 Å². The second-order valence-corrected chi connectivity index (χ2v) is 6.85. The van der Waals surface area contributed by atoms with E-state index in [-0.39, 0.29) is 12.4 Å². The van der Waals surface area contributed by atoms with E-state index in [1.807, 2.05) is 85.1 Å². The first-order valence-corrected chi connectivity index (χ1v) is 9.08. The number of hydrogen-bond donors (Lipinski definition) is 2. The quantitative estimate of drug-likeness (QED) is 0.589. The molecule has 0 aliphatic rings. The Balaban J connectivity index is 0.00000261. The molecule has 0 saturated heterocycles. The zero-order valence-corrected chi connectivity index (χ0v) is 17.1. The average molecular weight is 438 g/mol. The Morgan fingerprint density at radius 1 is 0.778 bits per heavy atom. The van der Waals surface area contributed by atoms with Gasteiger partial charge >= 0.3 is 0 Å². The van der Waals surface area contributed by atoms with Crippen LogP contribution < -0.4 is 22.7 Å². The van der Waals surface area contributed by atoms with E-state index < -0.39 is 0 Å². The molecule has 3 aromatic rings. The molecule has 3 rings (SSSR count). The van der Waals surface area contributed by atoms with Crippen LogP contribution in [-0.4, -0.2) is 6.21 Å². The highest BCUT2D eigenvalue weighted by Gasteiger charge is 2.04. The summed E-state index contributed by atoms with van der Waals surface area (Å²) in [5.41, 5.74) is 3.71. The summed E-state index contributed by atoms with van der Waals surface area (Å²) in [5, 5.41) is 5.44. The monoisotopic (exact) mass is 436 g/mol. The zero-order valence-electron chi connectivity index (χ0n) is 14.1. The Labute approximate surface area is 179 Å². The van der Waals surface area contributed by atoms with Crippen LogP contribution in [0.1, 0.15) is 5.56 Å². The predicted molar refractivity (Wildman–Crippen MR) is 113 cm³/mol. The summed E-state index contributed by atoms with van der Waals surface area (Å²) in [6, 6.07) is 22.7. The molecule has 0 amide bonds. The number of nitrogens with one attached hydrogen (secondary N) is 2. The molecule has 0 aliphatic carbocycles. The van der Waals surface area contributed by atoms with Crippen molar-refractivity contribution in [2.45, 2.75) is 0 Å². The second kappa shape index (κ2) is 10.4. The molecule has 0 unspecified atom stereocenters. The van der Waals surface area contributed by atoms with Crippen LogP contribution in [0.3, 0.4) is 0 Å². The SMILES string of the molecule is Clc1ccc(C(=CC=[NH+]c2cccc(Cl)c2)Nc2cccc(Cl)c2)cc1.[Cl-]. The molecular weight excluding hydrogens is 422 g/mol. The molecule has 0 aromatic heterocycles. The molecule has 0 spiro atoms. The van der Waals surface area contributed by atoms with Crippen molar-refractivity contribution >= 4 is 58.1 Å². The maximum atomic E-state index is 6.08. The minimum Gasteiger partial charge on any atom is -1.00 e. The van der Waals surface area contributed by atoms with Crippen LogP contribution in [0.25, 0.3) is 5.70 Å². The van der Waals surface area contributed by atoms with Crippen LogP contribution in [0, 0.1) is 0 Å². The number of anilines is 1. The lowest BCUT2D eigenvalue weighted by atomic mass is 10.1. The zero-order chi connectivity index (χ0) is 18.4. The van der Waals surface area contributed by atoms with Gasteiger partial charge in [-0.3, -0.25) is 0 Å². The largest absolute Gasteiger partial charge is 1.00 e.